The van der Waals surface area contributed by atoms with Gasteiger partial charge in [-0.05, 0) is 31.4 Å². The highest BCUT2D eigenvalue weighted by molar-refractivity contribution is 5.22. The third kappa shape index (κ3) is 2.58. The van der Waals surface area contributed by atoms with E-state index in [1.807, 2.05) is 0 Å². The van der Waals surface area contributed by atoms with Crippen LogP contribution in [-0.4, -0.2) is 0 Å². The van der Waals surface area contributed by atoms with Gasteiger partial charge < -0.3 is 0 Å². The first kappa shape index (κ1) is 11.8. The van der Waals surface area contributed by atoms with Gasteiger partial charge in [0.25, 0.3) is 0 Å². The van der Waals surface area contributed by atoms with Crippen LogP contribution in [0.5, 0.6) is 0 Å². The molecule has 0 spiro atoms. The lowest BCUT2D eigenvalue weighted by atomic mass is 10.1. The first-order valence-corrected chi connectivity index (χ1v) is 4.39. The zero-order valence-electron chi connectivity index (χ0n) is 8.21. The van der Waals surface area contributed by atoms with E-state index in [4.69, 9.17) is 0 Å². The second-order valence-electron chi connectivity index (χ2n) is 3.42. The van der Waals surface area contributed by atoms with Crippen molar-refractivity contribution in [1.82, 2.24) is 0 Å². The molecule has 0 aliphatic rings. The number of rotatable bonds is 3. The Bertz CT molecular complexity index is 396. The SMILES string of the molecule is C=C(C)CCc1cc(F)c(F)c(F)c1F. The van der Waals surface area contributed by atoms with E-state index in [1.54, 1.807) is 6.92 Å². The Morgan fingerprint density at radius 1 is 1.13 bits per heavy atom. The summed E-state index contributed by atoms with van der Waals surface area (Å²) in [6.07, 6.45) is 0.511. The molecule has 0 nitrogen and oxygen atoms in total. The van der Waals surface area contributed by atoms with Crippen LogP contribution in [0.25, 0.3) is 0 Å². The Morgan fingerprint density at radius 2 is 1.73 bits per heavy atom. The third-order valence-electron chi connectivity index (χ3n) is 2.00. The summed E-state index contributed by atoms with van der Waals surface area (Å²) in [7, 11) is 0. The number of benzene rings is 1. The van der Waals surface area contributed by atoms with Crippen molar-refractivity contribution in [3.8, 4) is 0 Å². The van der Waals surface area contributed by atoms with Crippen molar-refractivity contribution in [2.45, 2.75) is 19.8 Å². The molecule has 0 aliphatic heterocycles. The lowest BCUT2D eigenvalue weighted by molar-refractivity contribution is 0.403. The molecule has 0 heterocycles. The molecular weight excluding hydrogens is 208 g/mol. The normalized spacial score (nSPS) is 10.5. The van der Waals surface area contributed by atoms with Crippen LogP contribution in [0, 0.1) is 23.3 Å². The molecule has 0 aromatic heterocycles. The van der Waals surface area contributed by atoms with Crippen molar-refractivity contribution in [3.63, 3.8) is 0 Å². The van der Waals surface area contributed by atoms with Gasteiger partial charge in [-0.1, -0.05) is 5.57 Å². The van der Waals surface area contributed by atoms with Gasteiger partial charge in [0.05, 0.1) is 0 Å². The Morgan fingerprint density at radius 3 is 2.27 bits per heavy atom. The van der Waals surface area contributed by atoms with Crippen molar-refractivity contribution < 1.29 is 17.6 Å². The molecular formula is C11H10F4. The molecule has 4 heteroatoms. The fourth-order valence-electron chi connectivity index (χ4n) is 1.15. The largest absolute Gasteiger partial charge is 0.204 e. The highest BCUT2D eigenvalue weighted by Crippen LogP contribution is 2.20. The molecule has 1 aromatic carbocycles. The lowest BCUT2D eigenvalue weighted by Gasteiger charge is -2.05. The maximum Gasteiger partial charge on any atom is 0.197 e. The van der Waals surface area contributed by atoms with Crippen molar-refractivity contribution in [1.29, 1.82) is 0 Å². The standard InChI is InChI=1S/C11H10F4/c1-6(2)3-4-7-5-8(12)10(14)11(15)9(7)13/h5H,1,3-4H2,2H3. The molecule has 0 atom stereocenters. The van der Waals surface area contributed by atoms with Gasteiger partial charge >= 0.3 is 0 Å². The van der Waals surface area contributed by atoms with E-state index in [2.05, 4.69) is 6.58 Å². The van der Waals surface area contributed by atoms with E-state index in [-0.39, 0.29) is 12.0 Å². The second-order valence-corrected chi connectivity index (χ2v) is 3.42. The quantitative estimate of drug-likeness (QED) is 0.313. The lowest BCUT2D eigenvalue weighted by Crippen LogP contribution is -2.01. The Labute approximate surface area is 85.2 Å². The summed E-state index contributed by atoms with van der Waals surface area (Å²) < 4.78 is 51.1. The van der Waals surface area contributed by atoms with E-state index in [0.717, 1.165) is 5.57 Å². The van der Waals surface area contributed by atoms with Crippen LogP contribution in [0.3, 0.4) is 0 Å². The molecule has 82 valence electrons. The van der Waals surface area contributed by atoms with Gasteiger partial charge in [0.15, 0.2) is 23.3 Å². The maximum absolute atomic E-state index is 13.1. The van der Waals surface area contributed by atoms with Crippen LogP contribution in [0.1, 0.15) is 18.9 Å². The minimum atomic E-state index is -1.77. The average molecular weight is 218 g/mol. The molecule has 15 heavy (non-hydrogen) atoms. The Hall–Kier alpha value is -1.32. The van der Waals surface area contributed by atoms with Crippen molar-refractivity contribution in [3.05, 3.63) is 47.1 Å². The van der Waals surface area contributed by atoms with Crippen LogP contribution in [0.2, 0.25) is 0 Å². The van der Waals surface area contributed by atoms with Crippen LogP contribution in [0.4, 0.5) is 17.6 Å². The van der Waals surface area contributed by atoms with Gasteiger partial charge in [-0.25, -0.2) is 17.6 Å². The Balaban J connectivity index is 3.04. The van der Waals surface area contributed by atoms with E-state index in [0.29, 0.717) is 12.5 Å². The van der Waals surface area contributed by atoms with Crippen LogP contribution >= 0.6 is 0 Å². The summed E-state index contributed by atoms with van der Waals surface area (Å²) in [5.41, 5.74) is 0.592. The molecule has 0 saturated heterocycles. The van der Waals surface area contributed by atoms with Crippen molar-refractivity contribution >= 4 is 0 Å². The second kappa shape index (κ2) is 4.47. The van der Waals surface area contributed by atoms with Gasteiger partial charge in [0.1, 0.15) is 0 Å². The fraction of sp³-hybridized carbons (Fsp3) is 0.273. The monoisotopic (exact) mass is 218 g/mol. The summed E-state index contributed by atoms with van der Waals surface area (Å²) in [6.45, 7) is 5.29. The van der Waals surface area contributed by atoms with Gasteiger partial charge in [-0.2, -0.15) is 0 Å². The molecule has 0 amide bonds. The molecule has 0 bridgehead atoms. The van der Waals surface area contributed by atoms with E-state index >= 15 is 0 Å². The number of aryl methyl sites for hydroxylation is 1. The minimum absolute atomic E-state index is 0.106. The predicted octanol–water partition coefficient (Wildman–Crippen LogP) is 3.75. The number of hydrogen-bond acceptors (Lipinski definition) is 0. The molecule has 0 radical (unpaired) electrons. The summed E-state index contributed by atoms with van der Waals surface area (Å²) in [6, 6.07) is 0.677. The van der Waals surface area contributed by atoms with E-state index in [1.165, 1.54) is 0 Å². The maximum atomic E-state index is 13.1. The number of allylic oxidation sites excluding steroid dienone is 1. The summed E-state index contributed by atoms with van der Waals surface area (Å²) in [4.78, 5) is 0. The zero-order valence-corrected chi connectivity index (χ0v) is 8.21. The van der Waals surface area contributed by atoms with Crippen LogP contribution in [0.15, 0.2) is 18.2 Å². The van der Waals surface area contributed by atoms with Crippen LogP contribution < -0.4 is 0 Å². The predicted molar refractivity (Wildman–Crippen MR) is 49.4 cm³/mol. The molecule has 1 rings (SSSR count). The summed E-state index contributed by atoms with van der Waals surface area (Å²) in [5, 5.41) is 0. The topological polar surface area (TPSA) is 0 Å². The average Bonchev–Trinajstić information content (AvgIpc) is 2.18. The van der Waals surface area contributed by atoms with E-state index in [9.17, 15) is 17.6 Å². The third-order valence-corrected chi connectivity index (χ3v) is 2.00. The first-order chi connectivity index (χ1) is 6.93. The fourth-order valence-corrected chi connectivity index (χ4v) is 1.15. The van der Waals surface area contributed by atoms with E-state index < -0.39 is 23.3 Å². The molecule has 0 saturated carbocycles. The molecule has 0 unspecified atom stereocenters. The summed E-state index contributed by atoms with van der Waals surface area (Å²) >= 11 is 0. The first-order valence-electron chi connectivity index (χ1n) is 4.39. The van der Waals surface area contributed by atoms with Gasteiger partial charge in [0, 0.05) is 0 Å². The molecule has 0 aliphatic carbocycles. The van der Waals surface area contributed by atoms with Gasteiger partial charge in [-0.15, -0.1) is 6.58 Å². The van der Waals surface area contributed by atoms with Gasteiger partial charge in [0.2, 0.25) is 0 Å². The number of halogens is 4. The molecule has 0 N–H and O–H groups in total. The zero-order chi connectivity index (χ0) is 11.6. The Kier molecular flexibility index (Phi) is 3.50. The summed E-state index contributed by atoms with van der Waals surface area (Å²) in [5.74, 6) is -6.22. The van der Waals surface area contributed by atoms with Crippen molar-refractivity contribution in [2.75, 3.05) is 0 Å². The molecule has 1 aromatic rings. The van der Waals surface area contributed by atoms with Crippen molar-refractivity contribution in [2.24, 2.45) is 0 Å². The van der Waals surface area contributed by atoms with Crippen LogP contribution in [-0.2, 0) is 6.42 Å². The minimum Gasteiger partial charge on any atom is -0.204 e. The smallest absolute Gasteiger partial charge is 0.197 e. The van der Waals surface area contributed by atoms with Gasteiger partial charge in [-0.3, -0.25) is 0 Å². The number of hydrogen-bond donors (Lipinski definition) is 0. The molecule has 0 fully saturated rings. The highest BCUT2D eigenvalue weighted by Gasteiger charge is 2.18. The highest BCUT2D eigenvalue weighted by atomic mass is 19.2.